The summed E-state index contributed by atoms with van der Waals surface area (Å²) in [6, 6.07) is 6.76. The van der Waals surface area contributed by atoms with Crippen LogP contribution >= 0.6 is 15.9 Å². The predicted octanol–water partition coefficient (Wildman–Crippen LogP) is 2.95. The third-order valence-electron chi connectivity index (χ3n) is 3.77. The van der Waals surface area contributed by atoms with Crippen LogP contribution in [0, 0.1) is 5.92 Å². The van der Waals surface area contributed by atoms with Gasteiger partial charge in [0.15, 0.2) is 0 Å². The minimum absolute atomic E-state index is 0.693. The third-order valence-corrected chi connectivity index (χ3v) is 4.51. The lowest BCUT2D eigenvalue weighted by Crippen LogP contribution is -2.44. The van der Waals surface area contributed by atoms with E-state index in [4.69, 9.17) is 0 Å². The van der Waals surface area contributed by atoms with Crippen LogP contribution in [0.1, 0.15) is 19.4 Å². The van der Waals surface area contributed by atoms with E-state index in [2.05, 4.69) is 70.1 Å². The van der Waals surface area contributed by atoms with Crippen molar-refractivity contribution in [3.63, 3.8) is 0 Å². The van der Waals surface area contributed by atoms with E-state index in [1.165, 1.54) is 15.7 Å². The molecule has 0 saturated carbocycles. The van der Waals surface area contributed by atoms with Crippen molar-refractivity contribution >= 4 is 21.6 Å². The van der Waals surface area contributed by atoms with E-state index in [-0.39, 0.29) is 0 Å². The maximum absolute atomic E-state index is 3.72. The molecule has 1 aliphatic rings. The van der Waals surface area contributed by atoms with Crippen LogP contribution in [0.2, 0.25) is 0 Å². The number of rotatable bonds is 5. The highest BCUT2D eigenvalue weighted by molar-refractivity contribution is 9.10. The average Bonchev–Trinajstić information content (AvgIpc) is 2.41. The Morgan fingerprint density at radius 1 is 1.20 bits per heavy atom. The summed E-state index contributed by atoms with van der Waals surface area (Å²) >= 11 is 3.72. The van der Waals surface area contributed by atoms with E-state index in [1.54, 1.807) is 0 Å². The highest BCUT2D eigenvalue weighted by atomic mass is 79.9. The molecule has 1 saturated heterocycles. The first-order chi connectivity index (χ1) is 9.56. The average molecular weight is 340 g/mol. The zero-order valence-electron chi connectivity index (χ0n) is 12.8. The zero-order valence-corrected chi connectivity index (χ0v) is 14.4. The van der Waals surface area contributed by atoms with Crippen molar-refractivity contribution < 1.29 is 0 Å². The van der Waals surface area contributed by atoms with E-state index >= 15 is 0 Å². The van der Waals surface area contributed by atoms with Crippen molar-refractivity contribution in [3.05, 3.63) is 28.2 Å². The Labute approximate surface area is 131 Å². The van der Waals surface area contributed by atoms with Gasteiger partial charge in [0, 0.05) is 42.9 Å². The molecule has 1 aromatic rings. The van der Waals surface area contributed by atoms with Gasteiger partial charge in [-0.1, -0.05) is 35.8 Å². The molecular weight excluding hydrogens is 314 g/mol. The molecule has 1 fully saturated rings. The molecule has 4 heteroatoms. The lowest BCUT2D eigenvalue weighted by molar-refractivity contribution is 0.313. The first-order valence-corrected chi connectivity index (χ1v) is 8.28. The number of nitrogens with one attached hydrogen (secondary N) is 1. The van der Waals surface area contributed by atoms with Crippen LogP contribution in [0.5, 0.6) is 0 Å². The maximum atomic E-state index is 3.72. The zero-order chi connectivity index (χ0) is 14.5. The fraction of sp³-hybridized carbons (Fsp3) is 0.625. The summed E-state index contributed by atoms with van der Waals surface area (Å²) in [5.41, 5.74) is 2.67. The molecule has 0 bridgehead atoms. The van der Waals surface area contributed by atoms with Crippen molar-refractivity contribution in [3.8, 4) is 0 Å². The molecule has 0 aromatic heterocycles. The number of likely N-dealkylation sites (N-methyl/N-ethyl adjacent to an activating group) is 1. The lowest BCUT2D eigenvalue weighted by Gasteiger charge is -2.34. The molecule has 1 heterocycles. The SMILES string of the molecule is CC(C)CNCc1ccc(N2CCN(C)CC2)cc1Br. The fourth-order valence-electron chi connectivity index (χ4n) is 2.44. The molecular formula is C16H26BrN3. The van der Waals surface area contributed by atoms with Crippen molar-refractivity contribution in [1.29, 1.82) is 0 Å². The van der Waals surface area contributed by atoms with Gasteiger partial charge in [0.2, 0.25) is 0 Å². The van der Waals surface area contributed by atoms with Gasteiger partial charge < -0.3 is 15.1 Å². The van der Waals surface area contributed by atoms with Gasteiger partial charge in [-0.15, -0.1) is 0 Å². The highest BCUT2D eigenvalue weighted by Crippen LogP contribution is 2.25. The van der Waals surface area contributed by atoms with E-state index in [0.29, 0.717) is 5.92 Å². The largest absolute Gasteiger partial charge is 0.369 e. The van der Waals surface area contributed by atoms with Crippen molar-refractivity contribution in [2.75, 3.05) is 44.7 Å². The third kappa shape index (κ3) is 4.47. The number of halogens is 1. The van der Waals surface area contributed by atoms with Crippen LogP contribution in [-0.2, 0) is 6.54 Å². The van der Waals surface area contributed by atoms with Crippen LogP contribution in [0.15, 0.2) is 22.7 Å². The summed E-state index contributed by atoms with van der Waals surface area (Å²) in [6.07, 6.45) is 0. The van der Waals surface area contributed by atoms with E-state index < -0.39 is 0 Å². The number of nitrogens with zero attached hydrogens (tertiary/aromatic N) is 2. The van der Waals surface area contributed by atoms with E-state index in [1.807, 2.05) is 0 Å². The minimum atomic E-state index is 0.693. The van der Waals surface area contributed by atoms with Crippen LogP contribution in [-0.4, -0.2) is 44.7 Å². The van der Waals surface area contributed by atoms with Gasteiger partial charge in [-0.3, -0.25) is 0 Å². The van der Waals surface area contributed by atoms with Gasteiger partial charge in [-0.2, -0.15) is 0 Å². The second-order valence-corrected chi connectivity index (χ2v) is 6.95. The molecule has 0 spiro atoms. The molecule has 1 aromatic carbocycles. The maximum Gasteiger partial charge on any atom is 0.0378 e. The molecule has 0 radical (unpaired) electrons. The van der Waals surface area contributed by atoms with Gasteiger partial charge in [-0.05, 0) is 37.2 Å². The molecule has 1 aliphatic heterocycles. The smallest absolute Gasteiger partial charge is 0.0378 e. The van der Waals surface area contributed by atoms with Gasteiger partial charge in [0.1, 0.15) is 0 Å². The van der Waals surface area contributed by atoms with Gasteiger partial charge >= 0.3 is 0 Å². The predicted molar refractivity (Wildman–Crippen MR) is 90.4 cm³/mol. The van der Waals surface area contributed by atoms with Crippen LogP contribution < -0.4 is 10.2 Å². The standard InChI is InChI=1S/C16H26BrN3/c1-13(2)11-18-12-14-4-5-15(10-16(14)17)20-8-6-19(3)7-9-20/h4-5,10,13,18H,6-9,11-12H2,1-3H3. The van der Waals surface area contributed by atoms with Crippen LogP contribution in [0.3, 0.4) is 0 Å². The van der Waals surface area contributed by atoms with Crippen molar-refractivity contribution in [1.82, 2.24) is 10.2 Å². The minimum Gasteiger partial charge on any atom is -0.369 e. The second kappa shape index (κ2) is 7.43. The van der Waals surface area contributed by atoms with Crippen LogP contribution in [0.4, 0.5) is 5.69 Å². The monoisotopic (exact) mass is 339 g/mol. The highest BCUT2D eigenvalue weighted by Gasteiger charge is 2.15. The summed E-state index contributed by atoms with van der Waals surface area (Å²) < 4.78 is 1.21. The van der Waals surface area contributed by atoms with Crippen LogP contribution in [0.25, 0.3) is 0 Å². The molecule has 20 heavy (non-hydrogen) atoms. The first kappa shape index (κ1) is 15.8. The number of piperazine rings is 1. The molecule has 0 atom stereocenters. The van der Waals surface area contributed by atoms with Gasteiger partial charge in [0.05, 0.1) is 0 Å². The number of anilines is 1. The topological polar surface area (TPSA) is 18.5 Å². The molecule has 2 rings (SSSR count). The van der Waals surface area contributed by atoms with Gasteiger partial charge in [-0.25, -0.2) is 0 Å². The number of hydrogen-bond donors (Lipinski definition) is 1. The second-order valence-electron chi connectivity index (χ2n) is 6.09. The van der Waals surface area contributed by atoms with Crippen molar-refractivity contribution in [2.24, 2.45) is 5.92 Å². The Bertz CT molecular complexity index is 426. The van der Waals surface area contributed by atoms with Gasteiger partial charge in [0.25, 0.3) is 0 Å². The summed E-state index contributed by atoms with van der Waals surface area (Å²) in [5, 5.41) is 3.50. The quantitative estimate of drug-likeness (QED) is 0.889. The Balaban J connectivity index is 1.95. The molecule has 1 N–H and O–H groups in total. The summed E-state index contributed by atoms with van der Waals surface area (Å²) in [5.74, 6) is 0.693. The number of hydrogen-bond acceptors (Lipinski definition) is 3. The number of benzene rings is 1. The molecule has 0 unspecified atom stereocenters. The first-order valence-electron chi connectivity index (χ1n) is 7.49. The summed E-state index contributed by atoms with van der Waals surface area (Å²) in [7, 11) is 2.19. The normalized spacial score (nSPS) is 16.9. The van der Waals surface area contributed by atoms with E-state index in [9.17, 15) is 0 Å². The molecule has 0 amide bonds. The Morgan fingerprint density at radius 3 is 2.50 bits per heavy atom. The fourth-order valence-corrected chi connectivity index (χ4v) is 2.94. The summed E-state index contributed by atoms with van der Waals surface area (Å²) in [4.78, 5) is 4.85. The molecule has 3 nitrogen and oxygen atoms in total. The molecule has 112 valence electrons. The lowest BCUT2D eigenvalue weighted by atomic mass is 10.1. The molecule has 0 aliphatic carbocycles. The van der Waals surface area contributed by atoms with Crippen molar-refractivity contribution in [2.45, 2.75) is 20.4 Å². The summed E-state index contributed by atoms with van der Waals surface area (Å²) in [6.45, 7) is 11.0. The Morgan fingerprint density at radius 2 is 1.90 bits per heavy atom. The Hall–Kier alpha value is -0.580. The van der Waals surface area contributed by atoms with E-state index in [0.717, 1.165) is 39.3 Å². The Kier molecular flexibility index (Phi) is 5.87.